The van der Waals surface area contributed by atoms with Crippen LogP contribution in [0.25, 0.3) is 0 Å². The maximum atomic E-state index is 11.2. The molecule has 21 heavy (non-hydrogen) atoms. The quantitative estimate of drug-likeness (QED) is 0.848. The summed E-state index contributed by atoms with van der Waals surface area (Å²) in [6, 6.07) is 5.88. The van der Waals surface area contributed by atoms with E-state index in [1.54, 1.807) is 12.1 Å². The van der Waals surface area contributed by atoms with E-state index in [4.69, 9.17) is 17.3 Å². The summed E-state index contributed by atoms with van der Waals surface area (Å²) in [7, 11) is 0. The lowest BCUT2D eigenvalue weighted by molar-refractivity contribution is 0.100. The molecule has 5 heteroatoms. The Kier molecular flexibility index (Phi) is 6.03. The van der Waals surface area contributed by atoms with E-state index in [9.17, 15) is 4.79 Å². The number of likely N-dealkylation sites (N-methyl/N-ethyl adjacent to an activating group) is 1. The maximum Gasteiger partial charge on any atom is 0.248 e. The molecule has 0 aromatic heterocycles. The molecule has 1 aromatic carbocycles. The lowest BCUT2D eigenvalue weighted by Gasteiger charge is -2.30. The Morgan fingerprint density at radius 1 is 1.48 bits per heavy atom. The highest BCUT2D eigenvalue weighted by molar-refractivity contribution is 6.31. The first kappa shape index (κ1) is 16.3. The number of nitrogens with two attached hydrogens (primary N) is 1. The Morgan fingerprint density at radius 3 is 2.86 bits per heavy atom. The Labute approximate surface area is 131 Å². The highest BCUT2D eigenvalue weighted by Crippen LogP contribution is 2.20. The first-order valence-corrected chi connectivity index (χ1v) is 8.02. The van der Waals surface area contributed by atoms with Gasteiger partial charge in [-0.2, -0.15) is 0 Å². The Morgan fingerprint density at radius 2 is 2.29 bits per heavy atom. The third kappa shape index (κ3) is 4.70. The smallest absolute Gasteiger partial charge is 0.248 e. The number of hydrogen-bond donors (Lipinski definition) is 2. The number of carbonyl (C=O) groups excluding carboxylic acids is 1. The molecule has 1 aromatic rings. The first-order chi connectivity index (χ1) is 10.1. The van der Waals surface area contributed by atoms with Crippen molar-refractivity contribution in [2.24, 2.45) is 5.73 Å². The highest BCUT2D eigenvalue weighted by atomic mass is 35.5. The SMILES string of the molecule is CCN(Cc1ccc(C(N)=O)cc1Cl)CC1CCCCN1. The van der Waals surface area contributed by atoms with Crippen LogP contribution >= 0.6 is 11.6 Å². The number of benzene rings is 1. The summed E-state index contributed by atoms with van der Waals surface area (Å²) < 4.78 is 0. The molecule has 1 aliphatic rings. The van der Waals surface area contributed by atoms with Crippen LogP contribution < -0.4 is 11.1 Å². The molecule has 1 atom stereocenters. The van der Waals surface area contributed by atoms with Gasteiger partial charge in [0.05, 0.1) is 0 Å². The van der Waals surface area contributed by atoms with Gasteiger partial charge in [-0.1, -0.05) is 31.0 Å². The van der Waals surface area contributed by atoms with E-state index in [-0.39, 0.29) is 0 Å². The average molecular weight is 310 g/mol. The van der Waals surface area contributed by atoms with Gasteiger partial charge < -0.3 is 11.1 Å². The number of piperidine rings is 1. The first-order valence-electron chi connectivity index (χ1n) is 7.64. The van der Waals surface area contributed by atoms with Gasteiger partial charge in [0.1, 0.15) is 0 Å². The number of nitrogens with zero attached hydrogens (tertiary/aromatic N) is 1. The van der Waals surface area contributed by atoms with Crippen LogP contribution in [0.3, 0.4) is 0 Å². The topological polar surface area (TPSA) is 58.4 Å². The monoisotopic (exact) mass is 309 g/mol. The van der Waals surface area contributed by atoms with Crippen LogP contribution in [0, 0.1) is 0 Å². The standard InChI is InChI=1S/C16H24ClN3O/c1-2-20(11-14-5-3-4-8-19-14)10-13-7-6-12(16(18)21)9-15(13)17/h6-7,9,14,19H,2-5,8,10-11H2,1H3,(H2,18,21). The zero-order valence-corrected chi connectivity index (χ0v) is 13.3. The summed E-state index contributed by atoms with van der Waals surface area (Å²) in [5.41, 5.74) is 6.77. The molecular weight excluding hydrogens is 286 g/mol. The molecule has 0 aliphatic carbocycles. The molecule has 1 amide bonds. The molecule has 3 N–H and O–H groups in total. The van der Waals surface area contributed by atoms with E-state index in [1.165, 1.54) is 19.3 Å². The summed E-state index contributed by atoms with van der Waals surface area (Å²) in [4.78, 5) is 13.5. The molecule has 1 fully saturated rings. The van der Waals surface area contributed by atoms with Gasteiger partial charge in [0.2, 0.25) is 5.91 Å². The van der Waals surface area contributed by atoms with Crippen molar-refractivity contribution in [3.05, 3.63) is 34.3 Å². The largest absolute Gasteiger partial charge is 0.366 e. The third-order valence-electron chi connectivity index (χ3n) is 4.07. The summed E-state index contributed by atoms with van der Waals surface area (Å²) >= 11 is 6.27. The molecule has 0 saturated carbocycles. The highest BCUT2D eigenvalue weighted by Gasteiger charge is 2.17. The Balaban J connectivity index is 1.99. The summed E-state index contributed by atoms with van der Waals surface area (Å²) in [5, 5.41) is 4.18. The van der Waals surface area contributed by atoms with E-state index >= 15 is 0 Å². The molecule has 1 saturated heterocycles. The van der Waals surface area contributed by atoms with Gasteiger partial charge in [-0.3, -0.25) is 9.69 Å². The summed E-state index contributed by atoms with van der Waals surface area (Å²) in [6.45, 7) is 6.09. The zero-order valence-electron chi connectivity index (χ0n) is 12.6. The van der Waals surface area contributed by atoms with Crippen molar-refractivity contribution in [2.75, 3.05) is 19.6 Å². The molecule has 1 unspecified atom stereocenters. The predicted molar refractivity (Wildman–Crippen MR) is 86.6 cm³/mol. The fraction of sp³-hybridized carbons (Fsp3) is 0.562. The van der Waals surface area contributed by atoms with E-state index in [0.717, 1.165) is 31.7 Å². The minimum Gasteiger partial charge on any atom is -0.366 e. The van der Waals surface area contributed by atoms with Gasteiger partial charge in [-0.25, -0.2) is 0 Å². The van der Waals surface area contributed by atoms with Gasteiger partial charge in [0.25, 0.3) is 0 Å². The van der Waals surface area contributed by atoms with Crippen molar-refractivity contribution in [1.82, 2.24) is 10.2 Å². The predicted octanol–water partition coefficient (Wildman–Crippen LogP) is 2.40. The molecule has 1 heterocycles. The van der Waals surface area contributed by atoms with E-state index in [2.05, 4.69) is 17.1 Å². The van der Waals surface area contributed by atoms with E-state index in [0.29, 0.717) is 16.6 Å². The van der Waals surface area contributed by atoms with Crippen LogP contribution in [0.15, 0.2) is 18.2 Å². The van der Waals surface area contributed by atoms with Crippen molar-refractivity contribution in [1.29, 1.82) is 0 Å². The maximum absolute atomic E-state index is 11.2. The molecule has 0 spiro atoms. The molecule has 116 valence electrons. The number of carbonyl (C=O) groups is 1. The lowest BCUT2D eigenvalue weighted by Crippen LogP contribution is -2.43. The van der Waals surface area contributed by atoms with Gasteiger partial charge in [-0.05, 0) is 43.6 Å². The van der Waals surface area contributed by atoms with Crippen LogP contribution in [-0.4, -0.2) is 36.5 Å². The van der Waals surface area contributed by atoms with Crippen LogP contribution in [0.2, 0.25) is 5.02 Å². The van der Waals surface area contributed by atoms with Crippen molar-refractivity contribution in [2.45, 2.75) is 38.8 Å². The molecule has 2 rings (SSSR count). The second-order valence-electron chi connectivity index (χ2n) is 5.65. The molecule has 4 nitrogen and oxygen atoms in total. The normalized spacial score (nSPS) is 18.9. The number of halogens is 1. The number of rotatable bonds is 6. The number of amides is 1. The third-order valence-corrected chi connectivity index (χ3v) is 4.42. The molecular formula is C16H24ClN3O. The number of primary amides is 1. The van der Waals surface area contributed by atoms with Gasteiger partial charge in [0, 0.05) is 29.7 Å². The Hall–Kier alpha value is -1.10. The van der Waals surface area contributed by atoms with Crippen LogP contribution in [-0.2, 0) is 6.54 Å². The van der Waals surface area contributed by atoms with Crippen LogP contribution in [0.4, 0.5) is 0 Å². The second kappa shape index (κ2) is 7.78. The summed E-state index contributed by atoms with van der Waals surface area (Å²) in [6.07, 6.45) is 3.83. The second-order valence-corrected chi connectivity index (χ2v) is 6.05. The fourth-order valence-corrected chi connectivity index (χ4v) is 3.01. The number of nitrogens with one attached hydrogen (secondary N) is 1. The molecule has 1 aliphatic heterocycles. The van der Waals surface area contributed by atoms with E-state index in [1.807, 2.05) is 6.07 Å². The van der Waals surface area contributed by atoms with Crippen molar-refractivity contribution >= 4 is 17.5 Å². The molecule has 0 radical (unpaired) electrons. The minimum absolute atomic E-state index is 0.442. The molecule has 0 bridgehead atoms. The van der Waals surface area contributed by atoms with Crippen molar-refractivity contribution < 1.29 is 4.79 Å². The zero-order chi connectivity index (χ0) is 15.2. The lowest BCUT2D eigenvalue weighted by atomic mass is 10.0. The Bertz CT molecular complexity index is 486. The van der Waals surface area contributed by atoms with Crippen molar-refractivity contribution in [3.8, 4) is 0 Å². The summed E-state index contributed by atoms with van der Waals surface area (Å²) in [5.74, 6) is -0.442. The minimum atomic E-state index is -0.442. The average Bonchev–Trinajstić information content (AvgIpc) is 2.49. The van der Waals surface area contributed by atoms with Crippen LogP contribution in [0.5, 0.6) is 0 Å². The van der Waals surface area contributed by atoms with Gasteiger partial charge >= 0.3 is 0 Å². The fourth-order valence-electron chi connectivity index (χ4n) is 2.77. The van der Waals surface area contributed by atoms with Gasteiger partial charge in [-0.15, -0.1) is 0 Å². The van der Waals surface area contributed by atoms with E-state index < -0.39 is 5.91 Å². The van der Waals surface area contributed by atoms with Crippen LogP contribution in [0.1, 0.15) is 42.1 Å². The van der Waals surface area contributed by atoms with Gasteiger partial charge in [0.15, 0.2) is 0 Å². The number of hydrogen-bond acceptors (Lipinski definition) is 3. The van der Waals surface area contributed by atoms with Crippen molar-refractivity contribution in [3.63, 3.8) is 0 Å².